The fourth-order valence-corrected chi connectivity index (χ4v) is 0.394. The lowest BCUT2D eigenvalue weighted by molar-refractivity contribution is -0.461. The summed E-state index contributed by atoms with van der Waals surface area (Å²) in [5.41, 5.74) is 0. The van der Waals surface area contributed by atoms with Gasteiger partial charge in [-0.25, -0.2) is 0 Å². The molecule has 0 radical (unpaired) electrons. The van der Waals surface area contributed by atoms with Gasteiger partial charge in [0.2, 0.25) is 0 Å². The smallest absolute Gasteiger partial charge is 0.283 e. The van der Waals surface area contributed by atoms with Crippen LogP contribution in [0.3, 0.4) is 0 Å². The molecule has 0 aliphatic rings. The Morgan fingerprint density at radius 2 is 0.769 bits per heavy atom. The summed E-state index contributed by atoms with van der Waals surface area (Å²) in [5.74, 6) is 0. The summed E-state index contributed by atoms with van der Waals surface area (Å²) in [6.45, 7) is -9.03. The Bertz CT molecular complexity index is 99.0. The third-order valence-corrected chi connectivity index (χ3v) is 0.698. The average Bonchev–Trinajstić information content (AvgIpc) is 1.80. The molecule has 0 aromatic rings. The number of ether oxygens (including phenoxy) is 3. The van der Waals surface area contributed by atoms with E-state index in [1.165, 1.54) is 0 Å². The number of aliphatic hydroxyl groups is 6. The van der Waals surface area contributed by atoms with Crippen LogP contribution >= 0.6 is 0 Å². The molecular formula is C4H10O9. The van der Waals surface area contributed by atoms with E-state index in [1.54, 1.807) is 0 Å². The Kier molecular flexibility index (Phi) is 5.98. The minimum Gasteiger partial charge on any atom is -0.346 e. The predicted octanol–water partition coefficient (Wildman–Crippen LogP) is -3.88. The van der Waals surface area contributed by atoms with Gasteiger partial charge >= 0.3 is 0 Å². The lowest BCUT2D eigenvalue weighted by Gasteiger charge is -2.20. The number of rotatable bonds is 6. The third kappa shape index (κ3) is 7.98. The minimum atomic E-state index is -2.33. The van der Waals surface area contributed by atoms with Crippen LogP contribution < -0.4 is 0 Å². The molecule has 0 unspecified atom stereocenters. The van der Waals surface area contributed by atoms with Crippen LogP contribution in [0.1, 0.15) is 0 Å². The summed E-state index contributed by atoms with van der Waals surface area (Å²) in [6, 6.07) is 0. The van der Waals surface area contributed by atoms with Gasteiger partial charge < -0.3 is 30.6 Å². The molecule has 6 N–H and O–H groups in total. The first-order valence-electron chi connectivity index (χ1n) is 2.96. The second-order valence-electron chi connectivity index (χ2n) is 1.68. The summed E-state index contributed by atoms with van der Waals surface area (Å²) in [7, 11) is 0. The molecule has 0 aromatic heterocycles. The van der Waals surface area contributed by atoms with Gasteiger partial charge in [-0.2, -0.15) is 0 Å². The maximum absolute atomic E-state index is 8.20. The maximum atomic E-state index is 8.20. The highest BCUT2D eigenvalue weighted by atomic mass is 17.0. The van der Waals surface area contributed by atoms with Crippen molar-refractivity contribution in [1.82, 2.24) is 0 Å². The largest absolute Gasteiger partial charge is 0.346 e. The Hall–Kier alpha value is -0.360. The van der Waals surface area contributed by atoms with E-state index < -0.39 is 25.9 Å². The average molecular weight is 202 g/mol. The summed E-state index contributed by atoms with van der Waals surface area (Å²) in [4.78, 5) is 0. The summed E-state index contributed by atoms with van der Waals surface area (Å²) in [6.07, 6.45) is 0. The molecule has 0 aromatic carbocycles. The SMILES string of the molecule is OC(O)OC(OC(O)O)OC(O)O. The molecule has 0 saturated carbocycles. The highest BCUT2D eigenvalue weighted by Crippen LogP contribution is 2.03. The Balaban J connectivity index is 3.87. The lowest BCUT2D eigenvalue weighted by atomic mass is 11.1. The van der Waals surface area contributed by atoms with Crippen LogP contribution in [-0.2, 0) is 14.2 Å². The molecule has 9 nitrogen and oxygen atoms in total. The monoisotopic (exact) mass is 202 g/mol. The normalized spacial score (nSPS) is 12.5. The fourth-order valence-electron chi connectivity index (χ4n) is 0.394. The molecule has 0 atom stereocenters. The van der Waals surface area contributed by atoms with Crippen molar-refractivity contribution in [2.45, 2.75) is 25.9 Å². The summed E-state index contributed by atoms with van der Waals surface area (Å²) >= 11 is 0. The van der Waals surface area contributed by atoms with Gasteiger partial charge in [0.05, 0.1) is 0 Å². The molecule has 9 heteroatoms. The van der Waals surface area contributed by atoms with Gasteiger partial charge in [-0.05, 0) is 0 Å². The predicted molar refractivity (Wildman–Crippen MR) is 31.7 cm³/mol. The van der Waals surface area contributed by atoms with Crippen LogP contribution in [0.5, 0.6) is 0 Å². The molecule has 13 heavy (non-hydrogen) atoms. The zero-order valence-corrected chi connectivity index (χ0v) is 6.22. The van der Waals surface area contributed by atoms with Gasteiger partial charge in [0.25, 0.3) is 25.9 Å². The molecule has 0 amide bonds. The quantitative estimate of drug-likeness (QED) is 0.238. The molecule has 0 rings (SSSR count). The highest BCUT2D eigenvalue weighted by molar-refractivity contribution is 4.22. The molecule has 0 fully saturated rings. The first-order chi connectivity index (χ1) is 5.91. The van der Waals surface area contributed by atoms with Crippen LogP contribution in [0.25, 0.3) is 0 Å². The second kappa shape index (κ2) is 6.15. The maximum Gasteiger partial charge on any atom is 0.283 e. The van der Waals surface area contributed by atoms with Crippen molar-refractivity contribution in [3.63, 3.8) is 0 Å². The van der Waals surface area contributed by atoms with Gasteiger partial charge in [-0.3, -0.25) is 14.2 Å². The van der Waals surface area contributed by atoms with E-state index in [0.717, 1.165) is 0 Å². The lowest BCUT2D eigenvalue weighted by Crippen LogP contribution is -2.34. The standard InChI is InChI=1S/C4H10O9/c5-1(6)11-4(12-2(7)8)13-3(9)10/h1-10H. The van der Waals surface area contributed by atoms with Crippen LogP contribution in [0.2, 0.25) is 0 Å². The van der Waals surface area contributed by atoms with E-state index in [2.05, 4.69) is 14.2 Å². The molecule has 0 aliphatic heterocycles. The molecule has 0 aliphatic carbocycles. The van der Waals surface area contributed by atoms with Crippen molar-refractivity contribution in [2.24, 2.45) is 0 Å². The second-order valence-corrected chi connectivity index (χ2v) is 1.68. The van der Waals surface area contributed by atoms with Crippen molar-refractivity contribution in [3.8, 4) is 0 Å². The van der Waals surface area contributed by atoms with Gasteiger partial charge in [-0.1, -0.05) is 0 Å². The Morgan fingerprint density at radius 3 is 0.923 bits per heavy atom. The summed E-state index contributed by atoms with van der Waals surface area (Å²) < 4.78 is 11.7. The Labute approximate surface area is 71.9 Å². The number of hydrogen-bond acceptors (Lipinski definition) is 9. The van der Waals surface area contributed by atoms with E-state index in [9.17, 15) is 0 Å². The zero-order chi connectivity index (χ0) is 10.4. The van der Waals surface area contributed by atoms with Crippen LogP contribution in [0.4, 0.5) is 0 Å². The first-order valence-corrected chi connectivity index (χ1v) is 2.96. The molecule has 0 bridgehead atoms. The van der Waals surface area contributed by atoms with Crippen LogP contribution in [0, 0.1) is 0 Å². The third-order valence-electron chi connectivity index (χ3n) is 0.698. The topological polar surface area (TPSA) is 149 Å². The minimum absolute atomic E-state index is 2.04. The molecule has 0 heterocycles. The van der Waals surface area contributed by atoms with Crippen molar-refractivity contribution < 1.29 is 44.8 Å². The van der Waals surface area contributed by atoms with Gasteiger partial charge in [0, 0.05) is 0 Å². The number of aliphatic hydroxyl groups excluding tert-OH is 3. The van der Waals surface area contributed by atoms with Gasteiger partial charge in [0.1, 0.15) is 0 Å². The van der Waals surface area contributed by atoms with E-state index in [4.69, 9.17) is 30.6 Å². The highest BCUT2D eigenvalue weighted by Gasteiger charge is 2.19. The van der Waals surface area contributed by atoms with Crippen molar-refractivity contribution in [2.75, 3.05) is 0 Å². The first kappa shape index (κ1) is 12.6. The molecular weight excluding hydrogens is 192 g/mol. The van der Waals surface area contributed by atoms with Crippen molar-refractivity contribution in [3.05, 3.63) is 0 Å². The Morgan fingerprint density at radius 1 is 0.538 bits per heavy atom. The molecule has 0 spiro atoms. The van der Waals surface area contributed by atoms with Crippen molar-refractivity contribution >= 4 is 0 Å². The van der Waals surface area contributed by atoms with E-state index >= 15 is 0 Å². The molecule has 0 saturated heterocycles. The van der Waals surface area contributed by atoms with Gasteiger partial charge in [0.15, 0.2) is 0 Å². The van der Waals surface area contributed by atoms with Crippen molar-refractivity contribution in [1.29, 1.82) is 0 Å². The van der Waals surface area contributed by atoms with Crippen LogP contribution in [-0.4, -0.2) is 56.5 Å². The van der Waals surface area contributed by atoms with Crippen LogP contribution in [0.15, 0.2) is 0 Å². The van der Waals surface area contributed by atoms with Gasteiger partial charge in [-0.15, -0.1) is 0 Å². The summed E-state index contributed by atoms with van der Waals surface area (Å²) in [5, 5.41) is 49.2. The van der Waals surface area contributed by atoms with E-state index in [1.807, 2.05) is 0 Å². The van der Waals surface area contributed by atoms with E-state index in [0.29, 0.717) is 0 Å². The fraction of sp³-hybridized carbons (Fsp3) is 1.00. The zero-order valence-electron chi connectivity index (χ0n) is 6.22. The molecule has 80 valence electrons. The number of hydrogen-bond donors (Lipinski definition) is 6. The van der Waals surface area contributed by atoms with E-state index in [-0.39, 0.29) is 0 Å².